The Morgan fingerprint density at radius 3 is 2.86 bits per heavy atom. The fourth-order valence-electron chi connectivity index (χ4n) is 3.33. The predicted octanol–water partition coefficient (Wildman–Crippen LogP) is 2.52. The molecule has 0 aliphatic carbocycles. The number of amides is 1. The predicted molar refractivity (Wildman–Crippen MR) is 108 cm³/mol. The average Bonchev–Trinajstić information content (AvgIpc) is 2.95. The number of fused-ring (bicyclic) bond motifs is 1. The molecule has 2 aromatic heterocycles. The molecule has 1 N–H and O–H groups in total. The first-order valence-corrected chi connectivity index (χ1v) is 9.43. The second kappa shape index (κ2) is 7.65. The zero-order valence-electron chi connectivity index (χ0n) is 17.1. The highest BCUT2D eigenvalue weighted by molar-refractivity contribution is 5.86. The Morgan fingerprint density at radius 1 is 1.43 bits per heavy atom. The molecule has 1 amide bonds. The summed E-state index contributed by atoms with van der Waals surface area (Å²) in [6, 6.07) is 1.67. The number of ether oxygens (including phenoxy) is 1. The van der Waals surface area contributed by atoms with Crippen LogP contribution >= 0.6 is 0 Å². The molecule has 0 bridgehead atoms. The monoisotopic (exact) mass is 388 g/mol. The Hall–Kier alpha value is -2.84. The summed E-state index contributed by atoms with van der Waals surface area (Å²) in [6.07, 6.45) is 4.55. The number of nitrogens with one attached hydrogen (secondary N) is 1. The van der Waals surface area contributed by atoms with E-state index in [9.17, 15) is 9.59 Å². The van der Waals surface area contributed by atoms with Crippen molar-refractivity contribution in [2.24, 2.45) is 4.99 Å². The topological polar surface area (TPSA) is 95.8 Å². The third-order valence-corrected chi connectivity index (χ3v) is 4.44. The Labute approximate surface area is 164 Å². The molecule has 0 spiro atoms. The summed E-state index contributed by atoms with van der Waals surface area (Å²) in [7, 11) is 3.73. The van der Waals surface area contributed by atoms with Crippen molar-refractivity contribution in [1.82, 2.24) is 24.3 Å². The second-order valence-corrected chi connectivity index (χ2v) is 8.26. The number of carbonyl (C=O) groups is 1. The molecule has 1 atom stereocenters. The molecule has 1 saturated heterocycles. The van der Waals surface area contributed by atoms with E-state index >= 15 is 0 Å². The molecule has 9 heteroatoms. The van der Waals surface area contributed by atoms with Crippen LogP contribution in [0, 0.1) is 0 Å². The number of pyridine rings is 1. The third kappa shape index (κ3) is 4.35. The molecule has 1 aliphatic heterocycles. The highest BCUT2D eigenvalue weighted by atomic mass is 16.6. The molecule has 3 heterocycles. The molecule has 3 rings (SSSR count). The van der Waals surface area contributed by atoms with Gasteiger partial charge in [0.25, 0.3) is 0 Å². The van der Waals surface area contributed by atoms with Crippen LogP contribution in [0.4, 0.5) is 10.6 Å². The van der Waals surface area contributed by atoms with Crippen LogP contribution in [-0.4, -0.2) is 69.6 Å². The van der Waals surface area contributed by atoms with Gasteiger partial charge in [-0.2, -0.15) is 0 Å². The summed E-state index contributed by atoms with van der Waals surface area (Å²) in [5.41, 5.74) is 0.564. The van der Waals surface area contributed by atoms with Gasteiger partial charge in [-0.25, -0.2) is 19.6 Å². The Bertz CT molecular complexity index is 937. The van der Waals surface area contributed by atoms with E-state index in [0.29, 0.717) is 24.4 Å². The number of likely N-dealkylation sites (tertiary alicyclic amines) is 1. The van der Waals surface area contributed by atoms with E-state index in [0.717, 1.165) is 18.4 Å². The van der Waals surface area contributed by atoms with Crippen LogP contribution in [0.15, 0.2) is 22.1 Å². The lowest BCUT2D eigenvalue weighted by atomic mass is 10.1. The summed E-state index contributed by atoms with van der Waals surface area (Å²) in [6.45, 7) is 6.60. The van der Waals surface area contributed by atoms with Crippen molar-refractivity contribution in [3.8, 4) is 0 Å². The summed E-state index contributed by atoms with van der Waals surface area (Å²) in [5, 5.41) is 0. The molecule has 1 fully saturated rings. The van der Waals surface area contributed by atoms with Gasteiger partial charge in [-0.05, 0) is 39.7 Å². The van der Waals surface area contributed by atoms with Crippen molar-refractivity contribution in [1.29, 1.82) is 0 Å². The van der Waals surface area contributed by atoms with Crippen LogP contribution in [-0.2, 0) is 4.74 Å². The molecular weight excluding hydrogens is 360 g/mol. The number of aromatic nitrogens is 3. The molecule has 0 saturated carbocycles. The van der Waals surface area contributed by atoms with Gasteiger partial charge in [-0.1, -0.05) is 0 Å². The zero-order chi connectivity index (χ0) is 20.5. The van der Waals surface area contributed by atoms with Gasteiger partial charge in [-0.15, -0.1) is 0 Å². The summed E-state index contributed by atoms with van der Waals surface area (Å²) in [5.74, 6) is 0.460. The molecule has 2 aromatic rings. The molecular formula is C19H28N6O3. The van der Waals surface area contributed by atoms with E-state index in [1.54, 1.807) is 33.0 Å². The Kier molecular flexibility index (Phi) is 5.44. The smallest absolute Gasteiger partial charge is 0.410 e. The van der Waals surface area contributed by atoms with Crippen LogP contribution in [0.3, 0.4) is 0 Å². The molecule has 9 nitrogen and oxygen atoms in total. The normalized spacial score (nSPS) is 18.0. The lowest BCUT2D eigenvalue weighted by molar-refractivity contribution is 0.0173. The van der Waals surface area contributed by atoms with Gasteiger partial charge in [0.15, 0.2) is 5.82 Å². The quantitative estimate of drug-likeness (QED) is 0.644. The van der Waals surface area contributed by atoms with Gasteiger partial charge in [0.05, 0.1) is 17.9 Å². The summed E-state index contributed by atoms with van der Waals surface area (Å²) in [4.78, 5) is 40.1. The first-order chi connectivity index (χ1) is 13.2. The molecule has 0 aromatic carbocycles. The number of hydrogen-bond acceptors (Lipinski definition) is 5. The van der Waals surface area contributed by atoms with Crippen molar-refractivity contribution in [3.05, 3.63) is 22.7 Å². The number of aromatic amines is 1. The lowest BCUT2D eigenvalue weighted by Crippen LogP contribution is -2.44. The van der Waals surface area contributed by atoms with E-state index in [1.165, 1.54) is 0 Å². The largest absolute Gasteiger partial charge is 0.444 e. The maximum absolute atomic E-state index is 12.7. The minimum atomic E-state index is -0.549. The standard InChI is InChI=1S/C19H28N6O3/c1-19(2,3)28-18(27)24-10-6-7-13(11-24)25-14-8-9-20-16(21-12-23(4)5)15(14)22-17(25)26/h8-9,12-13H,6-7,10-11H2,1-5H3,(H,22,26)/t13-/m1/s1. The molecule has 0 radical (unpaired) electrons. The fraction of sp³-hybridized carbons (Fsp3) is 0.579. The van der Waals surface area contributed by atoms with Crippen LogP contribution < -0.4 is 5.69 Å². The van der Waals surface area contributed by atoms with Crippen LogP contribution in [0.1, 0.15) is 39.7 Å². The van der Waals surface area contributed by atoms with Crippen LogP contribution in [0.2, 0.25) is 0 Å². The summed E-state index contributed by atoms with van der Waals surface area (Å²) < 4.78 is 7.20. The Balaban J connectivity index is 1.91. The number of piperidine rings is 1. The molecule has 0 unspecified atom stereocenters. The van der Waals surface area contributed by atoms with Gasteiger partial charge in [0.2, 0.25) is 0 Å². The SMILES string of the molecule is CN(C)C=Nc1nccc2c1[nH]c(=O)n2[C@@H]1CCCN(C(=O)OC(C)(C)C)C1. The number of imidazole rings is 1. The number of carbonyl (C=O) groups excluding carboxylic acids is 1. The average molecular weight is 388 g/mol. The van der Waals surface area contributed by atoms with E-state index in [4.69, 9.17) is 4.74 Å². The maximum Gasteiger partial charge on any atom is 0.410 e. The number of rotatable bonds is 3. The van der Waals surface area contributed by atoms with E-state index in [1.807, 2.05) is 34.9 Å². The van der Waals surface area contributed by atoms with Gasteiger partial charge in [0, 0.05) is 33.4 Å². The molecule has 152 valence electrons. The van der Waals surface area contributed by atoms with Crippen molar-refractivity contribution >= 4 is 29.3 Å². The van der Waals surface area contributed by atoms with Gasteiger partial charge >= 0.3 is 11.8 Å². The van der Waals surface area contributed by atoms with Gasteiger partial charge in [-0.3, -0.25) is 4.57 Å². The van der Waals surface area contributed by atoms with Crippen LogP contribution in [0.25, 0.3) is 11.0 Å². The van der Waals surface area contributed by atoms with Crippen molar-refractivity contribution in [3.63, 3.8) is 0 Å². The molecule has 1 aliphatic rings. The van der Waals surface area contributed by atoms with Gasteiger partial charge in [0.1, 0.15) is 11.1 Å². The van der Waals surface area contributed by atoms with E-state index in [-0.39, 0.29) is 17.8 Å². The number of aliphatic imine (C=N–C) groups is 1. The van der Waals surface area contributed by atoms with Crippen molar-refractivity contribution < 1.29 is 9.53 Å². The zero-order valence-corrected chi connectivity index (χ0v) is 17.1. The lowest BCUT2D eigenvalue weighted by Gasteiger charge is -2.34. The highest BCUT2D eigenvalue weighted by Crippen LogP contribution is 2.27. The number of H-pyrrole nitrogens is 1. The van der Waals surface area contributed by atoms with Crippen LogP contribution in [0.5, 0.6) is 0 Å². The fourth-order valence-corrected chi connectivity index (χ4v) is 3.33. The second-order valence-electron chi connectivity index (χ2n) is 8.26. The molecule has 28 heavy (non-hydrogen) atoms. The minimum absolute atomic E-state index is 0.129. The van der Waals surface area contributed by atoms with Crippen molar-refractivity contribution in [2.45, 2.75) is 45.3 Å². The third-order valence-electron chi connectivity index (χ3n) is 4.44. The Morgan fingerprint density at radius 2 is 2.18 bits per heavy atom. The first kappa shape index (κ1) is 19.9. The van der Waals surface area contributed by atoms with E-state index < -0.39 is 5.60 Å². The van der Waals surface area contributed by atoms with Gasteiger partial charge < -0.3 is 19.5 Å². The van der Waals surface area contributed by atoms with Crippen molar-refractivity contribution in [2.75, 3.05) is 27.2 Å². The number of nitrogens with zero attached hydrogens (tertiary/aromatic N) is 5. The number of hydrogen-bond donors (Lipinski definition) is 1. The maximum atomic E-state index is 12.7. The minimum Gasteiger partial charge on any atom is -0.444 e. The first-order valence-electron chi connectivity index (χ1n) is 9.43. The summed E-state index contributed by atoms with van der Waals surface area (Å²) >= 11 is 0. The highest BCUT2D eigenvalue weighted by Gasteiger charge is 2.30. The van der Waals surface area contributed by atoms with E-state index in [2.05, 4.69) is 15.0 Å².